The van der Waals surface area contributed by atoms with Gasteiger partial charge in [0.25, 0.3) is 17.4 Å². The van der Waals surface area contributed by atoms with Crippen molar-refractivity contribution in [2.24, 2.45) is 11.7 Å². The van der Waals surface area contributed by atoms with Crippen molar-refractivity contribution in [3.05, 3.63) is 64.4 Å². The number of nitrogens with one attached hydrogen (secondary N) is 4. The highest BCUT2D eigenvalue weighted by atomic mass is 16.5. The van der Waals surface area contributed by atoms with E-state index in [0.717, 1.165) is 19.3 Å². The van der Waals surface area contributed by atoms with Crippen molar-refractivity contribution in [2.45, 2.75) is 50.2 Å². The lowest BCUT2D eigenvalue weighted by molar-refractivity contribution is -0.135. The minimum absolute atomic E-state index is 0.0186. The van der Waals surface area contributed by atoms with E-state index in [1.165, 1.54) is 54.4 Å². The summed E-state index contributed by atoms with van der Waals surface area (Å²) < 4.78 is 5.74. The molecule has 0 aromatic carbocycles. The summed E-state index contributed by atoms with van der Waals surface area (Å²) in [6, 6.07) is 3.06. The summed E-state index contributed by atoms with van der Waals surface area (Å²) >= 11 is 0. The zero-order valence-corrected chi connectivity index (χ0v) is 21.3. The molecule has 1 unspecified atom stereocenters. The second-order valence-corrected chi connectivity index (χ2v) is 9.85. The molecule has 0 radical (unpaired) electrons. The lowest BCUT2D eigenvalue weighted by Gasteiger charge is -2.61. The van der Waals surface area contributed by atoms with Crippen molar-refractivity contribution >= 4 is 35.3 Å². The molecule has 5 rings (SSSR count). The minimum Gasteiger partial charge on any atom is -0.466 e. The summed E-state index contributed by atoms with van der Waals surface area (Å²) in [6.07, 6.45) is 8.61. The normalized spacial score (nSPS) is 19.8. The van der Waals surface area contributed by atoms with E-state index in [0.29, 0.717) is 5.92 Å². The Labute approximate surface area is 223 Å². The van der Waals surface area contributed by atoms with Crippen LogP contribution in [0.5, 0.6) is 0 Å². The molecule has 13 heteroatoms. The predicted molar refractivity (Wildman–Crippen MR) is 139 cm³/mol. The van der Waals surface area contributed by atoms with Gasteiger partial charge in [-0.2, -0.15) is 0 Å². The molecule has 3 fully saturated rings. The Morgan fingerprint density at radius 1 is 1.26 bits per heavy atom. The smallest absolute Gasteiger partial charge is 0.330 e. The van der Waals surface area contributed by atoms with E-state index in [-0.39, 0.29) is 47.8 Å². The Balaban J connectivity index is 1.44. The Kier molecular flexibility index (Phi) is 7.98. The SMILES string of the molecule is COC(=O)/C=C/CCC(NC(=O)c1c[nH]c(C(N)=O)c1)C(=O)Nc1cccn(CC(=O)NC23CC(C2)C3)c1=O. The fourth-order valence-electron chi connectivity index (χ4n) is 4.79. The maximum absolute atomic E-state index is 13.2. The highest BCUT2D eigenvalue weighted by Gasteiger charge is 2.57. The number of pyridine rings is 1. The number of hydrogen-bond acceptors (Lipinski definition) is 7. The number of methoxy groups -OCH3 is 1. The minimum atomic E-state index is -1.12. The number of ether oxygens (including phenoxy) is 1. The number of allylic oxidation sites excluding steroid dienone is 1. The van der Waals surface area contributed by atoms with Crippen LogP contribution in [-0.4, -0.2) is 57.8 Å². The molecule has 2 bridgehead atoms. The molecule has 2 heterocycles. The molecule has 4 amide bonds. The van der Waals surface area contributed by atoms with E-state index in [9.17, 15) is 28.8 Å². The molecule has 3 aliphatic carbocycles. The number of aromatic nitrogens is 2. The van der Waals surface area contributed by atoms with Gasteiger partial charge in [0.2, 0.25) is 11.8 Å². The topological polar surface area (TPSA) is 194 Å². The monoisotopic (exact) mass is 538 g/mol. The molecule has 39 heavy (non-hydrogen) atoms. The molecular weight excluding hydrogens is 508 g/mol. The summed E-state index contributed by atoms with van der Waals surface area (Å²) in [7, 11) is 1.23. The maximum atomic E-state index is 13.2. The first-order chi connectivity index (χ1) is 18.6. The van der Waals surface area contributed by atoms with Crippen LogP contribution in [0, 0.1) is 5.92 Å². The second-order valence-electron chi connectivity index (χ2n) is 9.85. The van der Waals surface area contributed by atoms with Crippen LogP contribution in [0.25, 0.3) is 0 Å². The number of carbonyl (C=O) groups excluding carboxylic acids is 5. The molecule has 1 atom stereocenters. The molecule has 0 saturated heterocycles. The Bertz CT molecular complexity index is 1370. The number of primary amides is 1. The summed E-state index contributed by atoms with van der Waals surface area (Å²) in [5, 5.41) is 8.09. The molecule has 2 aromatic rings. The van der Waals surface area contributed by atoms with Gasteiger partial charge in [0.15, 0.2) is 0 Å². The molecule has 3 saturated carbocycles. The summed E-state index contributed by atoms with van der Waals surface area (Å²) in [5.74, 6) is -2.26. The Morgan fingerprint density at radius 3 is 2.62 bits per heavy atom. The van der Waals surface area contributed by atoms with Crippen molar-refractivity contribution in [2.75, 3.05) is 12.4 Å². The average Bonchev–Trinajstić information content (AvgIpc) is 3.35. The van der Waals surface area contributed by atoms with Gasteiger partial charge in [0.1, 0.15) is 24.0 Å². The number of amides is 4. The standard InChI is InChI=1S/C26H30N6O7/c1-39-21(34)7-3-2-5-17(29-23(36)16-9-19(22(27)35)28-13-16)24(37)30-18-6-4-8-32(25(18)38)14-20(33)31-26-10-15(11-26)12-26/h3-4,6-9,13,15,17,28H,2,5,10-12,14H2,1H3,(H2,27,35)(H,29,36)(H,30,37)(H,31,33)/b7-3+. The lowest BCUT2D eigenvalue weighted by atomic mass is 9.50. The number of rotatable bonds is 12. The largest absolute Gasteiger partial charge is 0.466 e. The molecule has 13 nitrogen and oxygen atoms in total. The van der Waals surface area contributed by atoms with Gasteiger partial charge >= 0.3 is 5.97 Å². The highest BCUT2D eigenvalue weighted by Crippen LogP contribution is 2.56. The molecule has 3 aliphatic rings. The van der Waals surface area contributed by atoms with E-state index in [4.69, 9.17) is 5.73 Å². The fraction of sp³-hybridized carbons (Fsp3) is 0.385. The summed E-state index contributed by atoms with van der Waals surface area (Å²) in [5.41, 5.74) is 4.53. The van der Waals surface area contributed by atoms with Gasteiger partial charge in [0, 0.05) is 24.0 Å². The van der Waals surface area contributed by atoms with Gasteiger partial charge in [-0.15, -0.1) is 0 Å². The summed E-state index contributed by atoms with van der Waals surface area (Å²) in [6.45, 7) is -0.191. The van der Waals surface area contributed by atoms with Crippen LogP contribution in [-0.2, 0) is 25.7 Å². The van der Waals surface area contributed by atoms with Crippen molar-refractivity contribution < 1.29 is 28.7 Å². The quantitative estimate of drug-likeness (QED) is 0.188. The number of hydrogen-bond donors (Lipinski definition) is 5. The number of nitrogens with two attached hydrogens (primary N) is 1. The first-order valence-corrected chi connectivity index (χ1v) is 12.4. The Hall–Kier alpha value is -4.68. The van der Waals surface area contributed by atoms with Crippen LogP contribution in [0.2, 0.25) is 0 Å². The number of esters is 1. The van der Waals surface area contributed by atoms with Crippen LogP contribution in [0.1, 0.15) is 53.0 Å². The van der Waals surface area contributed by atoms with Crippen molar-refractivity contribution in [1.82, 2.24) is 20.2 Å². The van der Waals surface area contributed by atoms with Crippen LogP contribution < -0.4 is 27.2 Å². The van der Waals surface area contributed by atoms with Crippen LogP contribution >= 0.6 is 0 Å². The molecular formula is C26H30N6O7. The average molecular weight is 539 g/mol. The van der Waals surface area contributed by atoms with E-state index in [1.807, 2.05) is 0 Å². The predicted octanol–water partition coefficient (Wildman–Crippen LogP) is 0.191. The van der Waals surface area contributed by atoms with Gasteiger partial charge < -0.3 is 36.0 Å². The number of carbonyl (C=O) groups is 5. The number of nitrogens with zero attached hydrogens (tertiary/aromatic N) is 1. The molecule has 0 aliphatic heterocycles. The van der Waals surface area contributed by atoms with E-state index < -0.39 is 35.3 Å². The second kappa shape index (κ2) is 11.4. The van der Waals surface area contributed by atoms with Crippen molar-refractivity contribution in [3.8, 4) is 0 Å². The molecule has 6 N–H and O–H groups in total. The first-order valence-electron chi connectivity index (χ1n) is 12.4. The van der Waals surface area contributed by atoms with Gasteiger partial charge in [-0.25, -0.2) is 4.79 Å². The first kappa shape index (κ1) is 27.4. The van der Waals surface area contributed by atoms with Gasteiger partial charge in [-0.05, 0) is 56.2 Å². The molecule has 2 aromatic heterocycles. The maximum Gasteiger partial charge on any atom is 0.330 e. The third-order valence-electron chi connectivity index (χ3n) is 6.94. The zero-order chi connectivity index (χ0) is 28.2. The fourth-order valence-corrected chi connectivity index (χ4v) is 4.79. The van der Waals surface area contributed by atoms with E-state index >= 15 is 0 Å². The van der Waals surface area contributed by atoms with Crippen molar-refractivity contribution in [3.63, 3.8) is 0 Å². The van der Waals surface area contributed by atoms with Gasteiger partial charge in [0.05, 0.1) is 12.7 Å². The lowest BCUT2D eigenvalue weighted by Crippen LogP contribution is -2.68. The van der Waals surface area contributed by atoms with Crippen molar-refractivity contribution in [1.29, 1.82) is 0 Å². The van der Waals surface area contributed by atoms with Gasteiger partial charge in [-0.1, -0.05) is 6.08 Å². The number of anilines is 1. The van der Waals surface area contributed by atoms with Crippen LogP contribution in [0.4, 0.5) is 5.69 Å². The molecule has 0 spiro atoms. The number of H-pyrrole nitrogens is 1. The Morgan fingerprint density at radius 2 is 2.00 bits per heavy atom. The molecule has 206 valence electrons. The third-order valence-corrected chi connectivity index (χ3v) is 6.94. The van der Waals surface area contributed by atoms with Crippen LogP contribution in [0.3, 0.4) is 0 Å². The van der Waals surface area contributed by atoms with Gasteiger partial charge in [-0.3, -0.25) is 24.0 Å². The van der Waals surface area contributed by atoms with E-state index in [2.05, 4.69) is 25.7 Å². The van der Waals surface area contributed by atoms with E-state index in [1.54, 1.807) is 0 Å². The summed E-state index contributed by atoms with van der Waals surface area (Å²) in [4.78, 5) is 76.6. The highest BCUT2D eigenvalue weighted by molar-refractivity contribution is 6.02. The number of aromatic amines is 1. The van der Waals surface area contributed by atoms with Crippen LogP contribution in [0.15, 0.2) is 47.5 Å². The third kappa shape index (κ3) is 6.43. The zero-order valence-electron chi connectivity index (χ0n) is 21.3.